The van der Waals surface area contributed by atoms with Crippen molar-refractivity contribution >= 4 is 40.5 Å². The van der Waals surface area contributed by atoms with Crippen LogP contribution in [0.5, 0.6) is 0 Å². The van der Waals surface area contributed by atoms with E-state index in [1.165, 1.54) is 13.3 Å². The van der Waals surface area contributed by atoms with Crippen molar-refractivity contribution < 1.29 is 23.5 Å². The summed E-state index contributed by atoms with van der Waals surface area (Å²) < 4.78 is 18.9. The highest BCUT2D eigenvalue weighted by Crippen LogP contribution is 2.54. The molecule has 0 spiro atoms. The van der Waals surface area contributed by atoms with Crippen LogP contribution < -0.4 is 10.6 Å². The van der Waals surface area contributed by atoms with Crippen LogP contribution in [0.15, 0.2) is 89.2 Å². The van der Waals surface area contributed by atoms with Crippen molar-refractivity contribution in [1.29, 1.82) is 0 Å². The Labute approximate surface area is 327 Å². The molecule has 5 aliphatic rings. The Balaban J connectivity index is 0.863. The van der Waals surface area contributed by atoms with E-state index in [1.54, 1.807) is 12.1 Å². The number of nitrogens with one attached hydrogen (secondary N) is 2. The van der Waals surface area contributed by atoms with E-state index < -0.39 is 18.1 Å². The first kappa shape index (κ1) is 37.5. The topological polar surface area (TPSA) is 125 Å². The molecule has 3 amide bonds. The number of ether oxygens (including phenoxy) is 1. The Bertz CT molecular complexity index is 2120. The molecule has 8 rings (SSSR count). The number of pyridine rings is 1. The monoisotopic (exact) mass is 756 g/mol. The Hall–Kier alpha value is -5.45. The number of rotatable bonds is 11. The van der Waals surface area contributed by atoms with Crippen LogP contribution in [0.3, 0.4) is 0 Å². The molecule has 3 aromatic rings. The van der Waals surface area contributed by atoms with E-state index in [0.29, 0.717) is 30.4 Å². The molecule has 290 valence electrons. The number of methoxy groups -OCH3 is 1. The summed E-state index contributed by atoms with van der Waals surface area (Å²) in [6, 6.07) is 19.7. The normalized spacial score (nSPS) is 24.4. The number of hydrogen-bond donors (Lipinski definition) is 2. The predicted octanol–water partition coefficient (Wildman–Crippen LogP) is 7.61. The van der Waals surface area contributed by atoms with Gasteiger partial charge in [-0.2, -0.15) is 4.39 Å². The number of amides is 3. The number of hydrogen-bond acceptors (Lipinski definition) is 7. The number of likely N-dealkylation sites (tertiary alicyclic amines) is 1. The van der Waals surface area contributed by atoms with Crippen molar-refractivity contribution in [3.8, 4) is 11.1 Å². The third kappa shape index (κ3) is 7.43. The molecule has 2 N–H and O–H groups in total. The van der Waals surface area contributed by atoms with Gasteiger partial charge < -0.3 is 20.3 Å². The highest BCUT2D eigenvalue weighted by atomic mass is 19.1. The lowest BCUT2D eigenvalue weighted by molar-refractivity contribution is -0.134. The smallest absolute Gasteiger partial charge is 0.407 e. The van der Waals surface area contributed by atoms with Gasteiger partial charge in [0.25, 0.3) is 0 Å². The number of fused-ring (bicyclic) bond motifs is 2. The molecule has 2 bridgehead atoms. The minimum absolute atomic E-state index is 0.00672. The van der Waals surface area contributed by atoms with E-state index in [2.05, 4.69) is 64.1 Å². The van der Waals surface area contributed by atoms with Gasteiger partial charge in [-0.3, -0.25) is 19.6 Å². The molecule has 56 heavy (non-hydrogen) atoms. The van der Waals surface area contributed by atoms with E-state index in [-0.39, 0.29) is 42.2 Å². The highest BCUT2D eigenvalue weighted by molar-refractivity contribution is 6.04. The maximum absolute atomic E-state index is 14.1. The van der Waals surface area contributed by atoms with Crippen LogP contribution in [-0.2, 0) is 20.9 Å². The van der Waals surface area contributed by atoms with Crippen LogP contribution in [0.1, 0.15) is 75.5 Å². The second-order valence-electron chi connectivity index (χ2n) is 16.2. The molecule has 2 aromatic carbocycles. The van der Waals surface area contributed by atoms with Crippen LogP contribution in [0.25, 0.3) is 22.3 Å². The van der Waals surface area contributed by atoms with Gasteiger partial charge in [0.15, 0.2) is 0 Å². The van der Waals surface area contributed by atoms with Gasteiger partial charge in [-0.1, -0.05) is 68.4 Å². The molecule has 10 nitrogen and oxygen atoms in total. The minimum atomic E-state index is -0.655. The van der Waals surface area contributed by atoms with Crippen molar-refractivity contribution in [3.05, 3.63) is 102 Å². The fourth-order valence-corrected chi connectivity index (χ4v) is 9.66. The fourth-order valence-electron chi connectivity index (χ4n) is 9.66. The fraction of sp³-hybridized carbons (Fsp3) is 0.422. The number of carbonyl (C=O) groups excluding carboxylic acids is 3. The Morgan fingerprint density at radius 1 is 0.857 bits per heavy atom. The second-order valence-corrected chi connectivity index (χ2v) is 16.2. The van der Waals surface area contributed by atoms with E-state index in [1.807, 2.05) is 31.1 Å². The first-order chi connectivity index (χ1) is 27.2. The van der Waals surface area contributed by atoms with E-state index in [4.69, 9.17) is 14.7 Å². The van der Waals surface area contributed by atoms with Crippen molar-refractivity contribution in [2.75, 3.05) is 13.7 Å². The van der Waals surface area contributed by atoms with Gasteiger partial charge >= 0.3 is 6.09 Å². The summed E-state index contributed by atoms with van der Waals surface area (Å²) in [6.07, 6.45) is 11.1. The standard InChI is InChI=1S/C45H49FN6O4/c1-26(2)41(51-45(55)56-3)44(54)52-19-5-7-38(52)36-21-34(24-48-36)29-12-8-27(9-13-29)28-10-14-30(15-11-28)35-22-37(49-25-35)39-31-16-17-32(20-31)40(39)43(53)50-23-33-6-4-18-47-42(33)46/h4,6,8-15,18,24-26,31-32,38-41H,5,7,16-17,19-23H2,1-3H3,(H,50,53)(H,51,55)/t31-,32+,38-,39?,40+,41-/m0/s1. The zero-order valence-corrected chi connectivity index (χ0v) is 32.2. The lowest BCUT2D eigenvalue weighted by Gasteiger charge is -2.31. The molecule has 2 aliphatic carbocycles. The number of allylic oxidation sites excluding steroid dienone is 2. The zero-order valence-electron chi connectivity index (χ0n) is 32.2. The second kappa shape index (κ2) is 16.0. The molecule has 3 fully saturated rings. The van der Waals surface area contributed by atoms with Gasteiger partial charge in [-0.05, 0) is 89.3 Å². The number of nitrogens with zero attached hydrogens (tertiary/aromatic N) is 4. The van der Waals surface area contributed by atoms with Crippen molar-refractivity contribution in [3.63, 3.8) is 0 Å². The molecule has 1 aromatic heterocycles. The molecule has 1 unspecified atom stereocenters. The summed E-state index contributed by atoms with van der Waals surface area (Å²) in [6.45, 7) is 4.62. The summed E-state index contributed by atoms with van der Waals surface area (Å²) in [7, 11) is 1.30. The maximum atomic E-state index is 14.1. The third-order valence-corrected chi connectivity index (χ3v) is 12.6. The number of benzene rings is 2. The average molecular weight is 757 g/mol. The molecule has 11 heteroatoms. The lowest BCUT2D eigenvalue weighted by atomic mass is 9.75. The number of carbonyl (C=O) groups is 3. The van der Waals surface area contributed by atoms with Crippen LogP contribution in [-0.4, -0.2) is 65.0 Å². The highest BCUT2D eigenvalue weighted by Gasteiger charge is 2.52. The number of halogens is 1. The summed E-state index contributed by atoms with van der Waals surface area (Å²) >= 11 is 0. The summed E-state index contributed by atoms with van der Waals surface area (Å²) in [5.74, 6) is 0.0563. The van der Waals surface area contributed by atoms with Crippen LogP contribution in [0, 0.1) is 35.5 Å². The first-order valence-corrected chi connectivity index (χ1v) is 19.9. The quantitative estimate of drug-likeness (QED) is 0.195. The molecule has 4 heterocycles. The predicted molar refractivity (Wildman–Crippen MR) is 215 cm³/mol. The number of alkyl carbamates (subject to hydrolysis) is 1. The van der Waals surface area contributed by atoms with Crippen LogP contribution in [0.2, 0.25) is 0 Å². The van der Waals surface area contributed by atoms with E-state index in [0.717, 1.165) is 83.3 Å². The Morgan fingerprint density at radius 3 is 2.12 bits per heavy atom. The van der Waals surface area contributed by atoms with Crippen molar-refractivity contribution in [1.82, 2.24) is 20.5 Å². The average Bonchev–Trinajstić information content (AvgIpc) is 4.08. The number of aliphatic imine (C=N–C) groups is 2. The Kier molecular flexibility index (Phi) is 10.7. The van der Waals surface area contributed by atoms with Gasteiger partial charge in [0.2, 0.25) is 17.8 Å². The molecule has 6 atom stereocenters. The summed E-state index contributed by atoms with van der Waals surface area (Å²) in [5, 5.41) is 5.73. The molecular formula is C45H49FN6O4. The summed E-state index contributed by atoms with van der Waals surface area (Å²) in [4.78, 5) is 54.3. The summed E-state index contributed by atoms with van der Waals surface area (Å²) in [5.41, 5.74) is 9.21. The SMILES string of the molecule is COC(=O)N[C@H](C(=O)N1CCC[C@H]1C1=NC=C(c2ccc(-c3ccc(C4=CN=C(C5[C@H]6CC[C@H](C6)[C@H]5C(=O)NCc5cccnc5F)C4)cc3)cc2)C1)C(C)C. The van der Waals surface area contributed by atoms with Crippen molar-refractivity contribution in [2.24, 2.45) is 39.6 Å². The first-order valence-electron chi connectivity index (χ1n) is 19.9. The molecule has 2 saturated carbocycles. The molecular weight excluding hydrogens is 708 g/mol. The molecule has 0 radical (unpaired) electrons. The van der Waals surface area contributed by atoms with Gasteiger partial charge in [-0.15, -0.1) is 0 Å². The molecule has 3 aliphatic heterocycles. The van der Waals surface area contributed by atoms with Gasteiger partial charge in [0.1, 0.15) is 6.04 Å². The van der Waals surface area contributed by atoms with Gasteiger partial charge in [0, 0.05) is 73.4 Å². The lowest BCUT2D eigenvalue weighted by Crippen LogP contribution is -2.53. The third-order valence-electron chi connectivity index (χ3n) is 12.6. The molecule has 1 saturated heterocycles. The Morgan fingerprint density at radius 2 is 1.48 bits per heavy atom. The van der Waals surface area contributed by atoms with Crippen molar-refractivity contribution in [2.45, 2.75) is 77.4 Å². The largest absolute Gasteiger partial charge is 0.453 e. The van der Waals surface area contributed by atoms with E-state index >= 15 is 0 Å². The maximum Gasteiger partial charge on any atom is 0.407 e. The van der Waals surface area contributed by atoms with Crippen LogP contribution >= 0.6 is 0 Å². The van der Waals surface area contributed by atoms with Crippen LogP contribution in [0.4, 0.5) is 9.18 Å². The zero-order chi connectivity index (χ0) is 38.9. The van der Waals surface area contributed by atoms with Gasteiger partial charge in [0.05, 0.1) is 13.2 Å². The minimum Gasteiger partial charge on any atom is -0.453 e. The van der Waals surface area contributed by atoms with E-state index in [9.17, 15) is 18.8 Å². The van der Waals surface area contributed by atoms with Gasteiger partial charge in [-0.25, -0.2) is 9.78 Å². The number of aromatic nitrogens is 1.